The van der Waals surface area contributed by atoms with Gasteiger partial charge in [-0.3, -0.25) is 4.79 Å². The second-order valence-electron chi connectivity index (χ2n) is 4.84. The SMILES string of the molecule is O=C1CN(C2CCCNC2)c2ccc(Br)cc2N1. The van der Waals surface area contributed by atoms with Crippen molar-refractivity contribution >= 4 is 33.2 Å². The number of benzene rings is 1. The quantitative estimate of drug-likeness (QED) is 0.833. The molecule has 2 aliphatic rings. The summed E-state index contributed by atoms with van der Waals surface area (Å²) in [6.45, 7) is 2.51. The zero-order valence-corrected chi connectivity index (χ0v) is 11.7. The maximum absolute atomic E-state index is 11.8. The van der Waals surface area contributed by atoms with Crippen LogP contribution in [0.3, 0.4) is 0 Å². The van der Waals surface area contributed by atoms with Crippen LogP contribution in [-0.2, 0) is 4.79 Å². The lowest BCUT2D eigenvalue weighted by atomic mass is 10.0. The molecule has 2 aliphatic heterocycles. The van der Waals surface area contributed by atoms with E-state index in [0.29, 0.717) is 12.6 Å². The standard InChI is InChI=1S/C13H16BrN3O/c14-9-3-4-12-11(6-9)16-13(18)8-17(12)10-2-1-5-15-7-10/h3-4,6,10,15H,1-2,5,7-8H2,(H,16,18). The van der Waals surface area contributed by atoms with Gasteiger partial charge in [0.05, 0.1) is 17.9 Å². The first-order valence-corrected chi connectivity index (χ1v) is 7.10. The van der Waals surface area contributed by atoms with Crippen molar-refractivity contribution in [2.45, 2.75) is 18.9 Å². The van der Waals surface area contributed by atoms with Crippen LogP contribution in [0.4, 0.5) is 11.4 Å². The molecule has 0 bridgehead atoms. The average molecular weight is 310 g/mol. The van der Waals surface area contributed by atoms with E-state index in [9.17, 15) is 4.79 Å². The molecule has 2 heterocycles. The normalized spacial score (nSPS) is 23.5. The van der Waals surface area contributed by atoms with Gasteiger partial charge in [0, 0.05) is 17.1 Å². The average Bonchev–Trinajstić information content (AvgIpc) is 2.38. The maximum atomic E-state index is 11.8. The zero-order valence-electron chi connectivity index (χ0n) is 10.1. The molecule has 1 amide bonds. The molecular formula is C13H16BrN3O. The number of hydrogen-bond donors (Lipinski definition) is 2. The molecule has 3 rings (SSSR count). The highest BCUT2D eigenvalue weighted by Crippen LogP contribution is 2.34. The number of carbonyl (C=O) groups excluding carboxylic acids is 1. The summed E-state index contributed by atoms with van der Waals surface area (Å²) >= 11 is 3.44. The monoisotopic (exact) mass is 309 g/mol. The van der Waals surface area contributed by atoms with E-state index < -0.39 is 0 Å². The molecule has 1 unspecified atom stereocenters. The molecule has 18 heavy (non-hydrogen) atoms. The molecule has 0 saturated carbocycles. The van der Waals surface area contributed by atoms with Crippen LogP contribution in [0.1, 0.15) is 12.8 Å². The number of amides is 1. The molecule has 1 fully saturated rings. The lowest BCUT2D eigenvalue weighted by Gasteiger charge is -2.39. The van der Waals surface area contributed by atoms with Crippen LogP contribution in [0, 0.1) is 0 Å². The van der Waals surface area contributed by atoms with Crippen molar-refractivity contribution in [1.29, 1.82) is 0 Å². The van der Waals surface area contributed by atoms with Crippen molar-refractivity contribution in [3.05, 3.63) is 22.7 Å². The Kier molecular flexibility index (Phi) is 3.26. The highest BCUT2D eigenvalue weighted by Gasteiger charge is 2.28. The third kappa shape index (κ3) is 2.24. The number of rotatable bonds is 1. The number of fused-ring (bicyclic) bond motifs is 1. The van der Waals surface area contributed by atoms with Crippen molar-refractivity contribution < 1.29 is 4.79 Å². The number of halogens is 1. The molecule has 1 atom stereocenters. The van der Waals surface area contributed by atoms with E-state index >= 15 is 0 Å². The van der Waals surface area contributed by atoms with Gasteiger partial charge < -0.3 is 15.5 Å². The molecule has 0 aliphatic carbocycles. The van der Waals surface area contributed by atoms with Gasteiger partial charge in [0.25, 0.3) is 0 Å². The van der Waals surface area contributed by atoms with Crippen LogP contribution in [0.2, 0.25) is 0 Å². The fraction of sp³-hybridized carbons (Fsp3) is 0.462. The van der Waals surface area contributed by atoms with Crippen molar-refractivity contribution in [2.24, 2.45) is 0 Å². The number of piperidine rings is 1. The Morgan fingerprint density at radius 1 is 1.39 bits per heavy atom. The predicted molar refractivity (Wildman–Crippen MR) is 76.0 cm³/mol. The van der Waals surface area contributed by atoms with Gasteiger partial charge in [0.15, 0.2) is 0 Å². The first-order chi connectivity index (χ1) is 8.74. The minimum atomic E-state index is 0.0752. The summed E-state index contributed by atoms with van der Waals surface area (Å²) in [5.41, 5.74) is 2.04. The minimum absolute atomic E-state index is 0.0752. The van der Waals surface area contributed by atoms with E-state index in [4.69, 9.17) is 0 Å². The van der Waals surface area contributed by atoms with E-state index in [2.05, 4.69) is 37.5 Å². The van der Waals surface area contributed by atoms with Crippen LogP contribution >= 0.6 is 15.9 Å². The minimum Gasteiger partial charge on any atom is -0.356 e. The van der Waals surface area contributed by atoms with E-state index in [-0.39, 0.29) is 5.91 Å². The second kappa shape index (κ2) is 4.90. The first-order valence-electron chi connectivity index (χ1n) is 6.31. The first kappa shape index (κ1) is 12.0. The summed E-state index contributed by atoms with van der Waals surface area (Å²) < 4.78 is 0.991. The Labute approximate surface area is 115 Å². The van der Waals surface area contributed by atoms with E-state index in [1.807, 2.05) is 12.1 Å². The van der Waals surface area contributed by atoms with Crippen LogP contribution in [-0.4, -0.2) is 31.6 Å². The summed E-state index contributed by atoms with van der Waals surface area (Å²) in [5.74, 6) is 0.0752. The summed E-state index contributed by atoms with van der Waals surface area (Å²) in [7, 11) is 0. The number of hydrogen-bond acceptors (Lipinski definition) is 3. The highest BCUT2D eigenvalue weighted by molar-refractivity contribution is 9.10. The predicted octanol–water partition coefficient (Wildman–Crippen LogP) is 1.96. The van der Waals surface area contributed by atoms with Gasteiger partial charge in [-0.2, -0.15) is 0 Å². The van der Waals surface area contributed by atoms with E-state index in [0.717, 1.165) is 35.4 Å². The second-order valence-corrected chi connectivity index (χ2v) is 5.75. The molecule has 0 spiro atoms. The van der Waals surface area contributed by atoms with Gasteiger partial charge in [-0.05, 0) is 37.6 Å². The summed E-state index contributed by atoms with van der Waals surface area (Å²) in [5, 5.41) is 6.35. The van der Waals surface area contributed by atoms with Gasteiger partial charge in [0.2, 0.25) is 5.91 Å². The zero-order chi connectivity index (χ0) is 12.5. The third-order valence-corrected chi connectivity index (χ3v) is 4.06. The topological polar surface area (TPSA) is 44.4 Å². The Morgan fingerprint density at radius 2 is 2.28 bits per heavy atom. The van der Waals surface area contributed by atoms with Crippen molar-refractivity contribution in [3.63, 3.8) is 0 Å². The molecular weight excluding hydrogens is 294 g/mol. The number of anilines is 2. The summed E-state index contributed by atoms with van der Waals surface area (Å²) in [6, 6.07) is 6.49. The Morgan fingerprint density at radius 3 is 3.06 bits per heavy atom. The molecule has 2 N–H and O–H groups in total. The number of nitrogens with one attached hydrogen (secondary N) is 2. The fourth-order valence-corrected chi connectivity index (χ4v) is 3.07. The Bertz CT molecular complexity index is 471. The largest absolute Gasteiger partial charge is 0.356 e. The van der Waals surface area contributed by atoms with Crippen molar-refractivity contribution in [2.75, 3.05) is 29.9 Å². The molecule has 1 aromatic rings. The van der Waals surface area contributed by atoms with Gasteiger partial charge >= 0.3 is 0 Å². The number of carbonyl (C=O) groups is 1. The summed E-state index contributed by atoms with van der Waals surface area (Å²) in [4.78, 5) is 14.0. The molecule has 5 heteroatoms. The number of nitrogens with zero attached hydrogens (tertiary/aromatic N) is 1. The third-order valence-electron chi connectivity index (χ3n) is 3.57. The lowest BCUT2D eigenvalue weighted by Crippen LogP contribution is -2.51. The summed E-state index contributed by atoms with van der Waals surface area (Å²) in [6.07, 6.45) is 2.32. The van der Waals surface area contributed by atoms with Crippen molar-refractivity contribution in [3.8, 4) is 0 Å². The molecule has 1 aromatic carbocycles. The lowest BCUT2D eigenvalue weighted by molar-refractivity contribution is -0.115. The van der Waals surface area contributed by atoms with Crippen LogP contribution < -0.4 is 15.5 Å². The Hall–Kier alpha value is -1.07. The highest BCUT2D eigenvalue weighted by atomic mass is 79.9. The van der Waals surface area contributed by atoms with Crippen LogP contribution in [0.15, 0.2) is 22.7 Å². The van der Waals surface area contributed by atoms with Gasteiger partial charge in [-0.1, -0.05) is 15.9 Å². The molecule has 96 valence electrons. The van der Waals surface area contributed by atoms with Crippen LogP contribution in [0.25, 0.3) is 0 Å². The fourth-order valence-electron chi connectivity index (χ4n) is 2.71. The van der Waals surface area contributed by atoms with Crippen molar-refractivity contribution in [1.82, 2.24) is 5.32 Å². The maximum Gasteiger partial charge on any atom is 0.243 e. The molecule has 0 aromatic heterocycles. The van der Waals surface area contributed by atoms with Crippen LogP contribution in [0.5, 0.6) is 0 Å². The van der Waals surface area contributed by atoms with Gasteiger partial charge in [-0.15, -0.1) is 0 Å². The molecule has 4 nitrogen and oxygen atoms in total. The van der Waals surface area contributed by atoms with E-state index in [1.54, 1.807) is 0 Å². The Balaban J connectivity index is 1.93. The molecule has 1 saturated heterocycles. The molecule has 0 radical (unpaired) electrons. The van der Waals surface area contributed by atoms with Gasteiger partial charge in [0.1, 0.15) is 0 Å². The van der Waals surface area contributed by atoms with Gasteiger partial charge in [-0.25, -0.2) is 0 Å². The van der Waals surface area contributed by atoms with E-state index in [1.165, 1.54) is 6.42 Å². The smallest absolute Gasteiger partial charge is 0.243 e.